The van der Waals surface area contributed by atoms with Crippen molar-refractivity contribution in [3.05, 3.63) is 64.2 Å². The summed E-state index contributed by atoms with van der Waals surface area (Å²) in [6, 6.07) is 7.46. The normalized spacial score (nSPS) is 15.4. The van der Waals surface area contributed by atoms with Crippen LogP contribution < -0.4 is 4.74 Å². The van der Waals surface area contributed by atoms with Gasteiger partial charge in [-0.15, -0.1) is 0 Å². The minimum Gasteiger partial charge on any atom is -0.456 e. The summed E-state index contributed by atoms with van der Waals surface area (Å²) >= 11 is 5.87. The van der Waals surface area contributed by atoms with Gasteiger partial charge in [0.1, 0.15) is 17.3 Å². The summed E-state index contributed by atoms with van der Waals surface area (Å²) in [6.45, 7) is 1.72. The smallest absolute Gasteiger partial charge is 0.416 e. The van der Waals surface area contributed by atoms with E-state index in [9.17, 15) is 18.0 Å². The van der Waals surface area contributed by atoms with Crippen molar-refractivity contribution in [3.8, 4) is 11.5 Å². The highest BCUT2D eigenvalue weighted by molar-refractivity contribution is 6.32. The molecule has 0 N–H and O–H groups in total. The van der Waals surface area contributed by atoms with Gasteiger partial charge < -0.3 is 9.47 Å². The molecule has 3 nitrogen and oxygen atoms in total. The fourth-order valence-electron chi connectivity index (χ4n) is 2.28. The third kappa shape index (κ3) is 2.97. The highest BCUT2D eigenvalue weighted by Crippen LogP contribution is 2.38. The Morgan fingerprint density at radius 3 is 2.50 bits per heavy atom. The maximum atomic E-state index is 12.6. The fraction of sp³-hybridized carbons (Fsp3) is 0.118. The van der Waals surface area contributed by atoms with Crippen LogP contribution >= 0.6 is 11.6 Å². The molecule has 1 aliphatic rings. The molecule has 1 heterocycles. The Balaban J connectivity index is 1.92. The summed E-state index contributed by atoms with van der Waals surface area (Å²) in [4.78, 5) is 11.7. The van der Waals surface area contributed by atoms with Crippen LogP contribution in [0.4, 0.5) is 13.2 Å². The Kier molecular flexibility index (Phi) is 4.01. The number of ether oxygens (including phenoxy) is 2. The van der Waals surface area contributed by atoms with Gasteiger partial charge in [-0.25, -0.2) is 4.79 Å². The molecule has 0 aromatic heterocycles. The topological polar surface area (TPSA) is 35.5 Å². The van der Waals surface area contributed by atoms with Crippen LogP contribution in [0.3, 0.4) is 0 Å². The van der Waals surface area contributed by atoms with Crippen LogP contribution in [-0.2, 0) is 10.9 Å². The number of esters is 1. The number of rotatable bonds is 2. The van der Waals surface area contributed by atoms with Gasteiger partial charge in [-0.2, -0.15) is 13.2 Å². The molecular weight excluding hydrogens is 345 g/mol. The van der Waals surface area contributed by atoms with Gasteiger partial charge in [-0.3, -0.25) is 0 Å². The van der Waals surface area contributed by atoms with Crippen LogP contribution in [0, 0.1) is 0 Å². The molecule has 0 fully saturated rings. The van der Waals surface area contributed by atoms with E-state index in [2.05, 4.69) is 0 Å². The van der Waals surface area contributed by atoms with Gasteiger partial charge >= 0.3 is 12.1 Å². The molecule has 0 unspecified atom stereocenters. The van der Waals surface area contributed by atoms with Gasteiger partial charge in [0, 0.05) is 5.56 Å². The quantitative estimate of drug-likeness (QED) is 0.651. The third-order valence-corrected chi connectivity index (χ3v) is 3.72. The number of fused-ring (bicyclic) bond motifs is 1. The largest absolute Gasteiger partial charge is 0.456 e. The van der Waals surface area contributed by atoms with E-state index in [1.165, 1.54) is 12.1 Å². The molecule has 0 bridgehead atoms. The van der Waals surface area contributed by atoms with Crippen LogP contribution in [0.5, 0.6) is 11.5 Å². The number of cyclic esters (lactones) is 1. The lowest BCUT2D eigenvalue weighted by atomic mass is 10.1. The number of halogens is 4. The molecule has 0 amide bonds. The molecule has 0 atom stereocenters. The first-order valence-corrected chi connectivity index (χ1v) is 7.25. The number of allylic oxidation sites excluding steroid dienone is 1. The predicted molar refractivity (Wildman–Crippen MR) is 82.0 cm³/mol. The lowest BCUT2D eigenvalue weighted by molar-refractivity contribution is -0.137. The van der Waals surface area contributed by atoms with Crippen LogP contribution in [0.25, 0.3) is 5.76 Å². The summed E-state index contributed by atoms with van der Waals surface area (Å²) in [5, 5.41) is -0.163. The Morgan fingerprint density at radius 2 is 1.88 bits per heavy atom. The molecule has 0 spiro atoms. The van der Waals surface area contributed by atoms with Gasteiger partial charge in [0.05, 0.1) is 16.1 Å². The van der Waals surface area contributed by atoms with E-state index < -0.39 is 17.7 Å². The van der Waals surface area contributed by atoms with E-state index in [0.29, 0.717) is 22.6 Å². The van der Waals surface area contributed by atoms with E-state index in [4.69, 9.17) is 21.1 Å². The molecule has 0 saturated heterocycles. The summed E-state index contributed by atoms with van der Waals surface area (Å²) in [5.74, 6) is 0.348. The lowest BCUT2D eigenvalue weighted by Crippen LogP contribution is -2.04. The second-order valence-electron chi connectivity index (χ2n) is 4.99. The Morgan fingerprint density at radius 1 is 1.12 bits per heavy atom. The van der Waals surface area contributed by atoms with Crippen LogP contribution in [-0.4, -0.2) is 5.97 Å². The highest BCUT2D eigenvalue weighted by atomic mass is 35.5. The van der Waals surface area contributed by atoms with Crippen molar-refractivity contribution in [1.82, 2.24) is 0 Å². The molecule has 0 aliphatic carbocycles. The van der Waals surface area contributed by atoms with Crippen LogP contribution in [0.2, 0.25) is 5.02 Å². The minimum atomic E-state index is -4.48. The molecule has 3 rings (SSSR count). The summed E-state index contributed by atoms with van der Waals surface area (Å²) in [6.07, 6.45) is -2.84. The second kappa shape index (κ2) is 5.87. The van der Waals surface area contributed by atoms with Crippen molar-refractivity contribution in [3.63, 3.8) is 0 Å². The molecule has 24 heavy (non-hydrogen) atoms. The fourth-order valence-corrected chi connectivity index (χ4v) is 2.50. The number of hydrogen-bond donors (Lipinski definition) is 0. The van der Waals surface area contributed by atoms with Gasteiger partial charge in [0.25, 0.3) is 0 Å². The standard InChI is InChI=1S/C17H10ClF3O3/c1-2-14-12-8-10(4-5-11(12)16(22)24-14)23-15-6-3-9(7-13(15)18)17(19,20)21/h2-8H,1H3. The van der Waals surface area contributed by atoms with Crippen LogP contribution in [0.15, 0.2) is 42.5 Å². The van der Waals surface area contributed by atoms with Crippen LogP contribution in [0.1, 0.15) is 28.4 Å². The number of carbonyl (C=O) groups is 1. The first-order valence-electron chi connectivity index (χ1n) is 6.87. The van der Waals surface area contributed by atoms with E-state index in [0.717, 1.165) is 18.2 Å². The highest BCUT2D eigenvalue weighted by Gasteiger charge is 2.31. The second-order valence-corrected chi connectivity index (χ2v) is 5.40. The maximum absolute atomic E-state index is 12.6. The number of alkyl halides is 3. The molecule has 2 aromatic carbocycles. The maximum Gasteiger partial charge on any atom is 0.416 e. The average Bonchev–Trinajstić information content (AvgIpc) is 2.84. The van der Waals surface area contributed by atoms with Gasteiger partial charge in [-0.05, 0) is 49.4 Å². The van der Waals surface area contributed by atoms with E-state index in [1.54, 1.807) is 19.1 Å². The lowest BCUT2D eigenvalue weighted by Gasteiger charge is -2.11. The van der Waals surface area contributed by atoms with Crippen molar-refractivity contribution < 1.29 is 27.4 Å². The minimum absolute atomic E-state index is 0.0805. The number of hydrogen-bond acceptors (Lipinski definition) is 3. The third-order valence-electron chi connectivity index (χ3n) is 3.43. The van der Waals surface area contributed by atoms with Crippen molar-refractivity contribution in [1.29, 1.82) is 0 Å². The average molecular weight is 355 g/mol. The molecule has 2 aromatic rings. The van der Waals surface area contributed by atoms with E-state index >= 15 is 0 Å². The molecule has 0 saturated carbocycles. The molecule has 0 radical (unpaired) electrons. The monoisotopic (exact) mass is 354 g/mol. The summed E-state index contributed by atoms with van der Waals surface area (Å²) < 4.78 is 48.5. The zero-order valence-electron chi connectivity index (χ0n) is 12.3. The molecule has 1 aliphatic heterocycles. The Labute approximate surface area is 140 Å². The molecule has 124 valence electrons. The molecular formula is C17H10ClF3O3. The van der Waals surface area contributed by atoms with Crippen molar-refractivity contribution >= 4 is 23.3 Å². The van der Waals surface area contributed by atoms with Gasteiger partial charge in [0.15, 0.2) is 0 Å². The van der Waals surface area contributed by atoms with E-state index in [1.807, 2.05) is 0 Å². The summed E-state index contributed by atoms with van der Waals surface area (Å²) in [7, 11) is 0. The van der Waals surface area contributed by atoms with Gasteiger partial charge in [0.2, 0.25) is 0 Å². The Hall–Kier alpha value is -2.47. The predicted octanol–water partition coefficient (Wildman–Crippen LogP) is 5.68. The van der Waals surface area contributed by atoms with Crippen molar-refractivity contribution in [2.24, 2.45) is 0 Å². The Bertz CT molecular complexity index is 857. The first kappa shape index (κ1) is 16.4. The molecule has 7 heteroatoms. The summed E-state index contributed by atoms with van der Waals surface area (Å²) in [5.41, 5.74) is 0.0982. The zero-order valence-corrected chi connectivity index (χ0v) is 13.0. The van der Waals surface area contributed by atoms with E-state index in [-0.39, 0.29) is 10.8 Å². The first-order chi connectivity index (χ1) is 11.3. The SMILES string of the molecule is CC=C1OC(=O)c2ccc(Oc3ccc(C(F)(F)F)cc3Cl)cc21. The van der Waals surface area contributed by atoms with Crippen molar-refractivity contribution in [2.45, 2.75) is 13.1 Å². The number of carbonyl (C=O) groups excluding carboxylic acids is 1. The number of benzene rings is 2. The van der Waals surface area contributed by atoms with Crippen molar-refractivity contribution in [2.75, 3.05) is 0 Å². The van der Waals surface area contributed by atoms with Gasteiger partial charge in [-0.1, -0.05) is 11.6 Å². The zero-order chi connectivity index (χ0) is 17.5.